The number of pyridine rings is 1. The quantitative estimate of drug-likeness (QED) is 0.704. The molecule has 25 heavy (non-hydrogen) atoms. The standard InChI is InChI=1S/C16H15N5O3S/c1-10-13(7-18-21(10)14-5-3-4-6-17-14)15(23)24-8-12-9-25-16(20-12)19-11(2)22/h3-7,9H,8H2,1-2H3,(H,19,20,22). The van der Waals surface area contributed by atoms with Crippen molar-refractivity contribution in [1.82, 2.24) is 19.7 Å². The maximum Gasteiger partial charge on any atom is 0.342 e. The third-order valence-corrected chi connectivity index (χ3v) is 4.09. The van der Waals surface area contributed by atoms with E-state index in [2.05, 4.69) is 20.4 Å². The first-order valence-electron chi connectivity index (χ1n) is 7.39. The van der Waals surface area contributed by atoms with E-state index in [0.29, 0.717) is 27.9 Å². The van der Waals surface area contributed by atoms with Crippen molar-refractivity contribution < 1.29 is 14.3 Å². The first-order valence-corrected chi connectivity index (χ1v) is 8.27. The summed E-state index contributed by atoms with van der Waals surface area (Å²) in [5, 5.41) is 8.97. The van der Waals surface area contributed by atoms with Crippen LogP contribution in [0.3, 0.4) is 0 Å². The molecule has 9 heteroatoms. The summed E-state index contributed by atoms with van der Waals surface area (Å²) in [7, 11) is 0. The Morgan fingerprint density at radius 3 is 2.92 bits per heavy atom. The zero-order chi connectivity index (χ0) is 17.8. The first-order chi connectivity index (χ1) is 12.0. The molecule has 128 valence electrons. The van der Waals surface area contributed by atoms with Gasteiger partial charge in [0.1, 0.15) is 12.2 Å². The van der Waals surface area contributed by atoms with Crippen LogP contribution in [-0.2, 0) is 16.1 Å². The Hall–Kier alpha value is -3.07. The molecule has 0 fully saturated rings. The van der Waals surface area contributed by atoms with Gasteiger partial charge < -0.3 is 10.1 Å². The van der Waals surface area contributed by atoms with Gasteiger partial charge in [-0.25, -0.2) is 19.4 Å². The normalized spacial score (nSPS) is 10.5. The summed E-state index contributed by atoms with van der Waals surface area (Å²) in [5.41, 5.74) is 1.57. The Kier molecular flexibility index (Phi) is 4.85. The van der Waals surface area contributed by atoms with Crippen LogP contribution >= 0.6 is 11.3 Å². The van der Waals surface area contributed by atoms with Gasteiger partial charge in [0.2, 0.25) is 5.91 Å². The van der Waals surface area contributed by atoms with Crippen LogP contribution < -0.4 is 5.32 Å². The molecule has 0 radical (unpaired) electrons. The van der Waals surface area contributed by atoms with Crippen LogP contribution in [0.25, 0.3) is 5.82 Å². The number of hydrogen-bond acceptors (Lipinski definition) is 7. The molecule has 3 aromatic rings. The molecule has 3 aromatic heterocycles. The highest BCUT2D eigenvalue weighted by molar-refractivity contribution is 7.13. The van der Waals surface area contributed by atoms with Crippen molar-refractivity contribution in [3.05, 3.63) is 52.9 Å². The van der Waals surface area contributed by atoms with E-state index in [4.69, 9.17) is 4.74 Å². The molecule has 0 aliphatic heterocycles. The lowest BCUT2D eigenvalue weighted by molar-refractivity contribution is -0.114. The summed E-state index contributed by atoms with van der Waals surface area (Å²) in [5.74, 6) is -0.0669. The van der Waals surface area contributed by atoms with Crippen LogP contribution in [0.15, 0.2) is 36.0 Å². The molecular formula is C16H15N5O3S. The third kappa shape index (κ3) is 3.89. The molecule has 8 nitrogen and oxygen atoms in total. The number of anilines is 1. The minimum absolute atomic E-state index is 0.0170. The number of carbonyl (C=O) groups is 2. The van der Waals surface area contributed by atoms with Gasteiger partial charge in [-0.2, -0.15) is 5.10 Å². The molecule has 0 unspecified atom stereocenters. The summed E-state index contributed by atoms with van der Waals surface area (Å²) >= 11 is 1.27. The number of amides is 1. The van der Waals surface area contributed by atoms with Crippen LogP contribution in [0.1, 0.15) is 28.7 Å². The SMILES string of the molecule is CC(=O)Nc1nc(COC(=O)c2cnn(-c3ccccn3)c2C)cs1. The van der Waals surface area contributed by atoms with Crippen LogP contribution in [0.4, 0.5) is 5.13 Å². The van der Waals surface area contributed by atoms with E-state index in [-0.39, 0.29) is 12.5 Å². The van der Waals surface area contributed by atoms with E-state index >= 15 is 0 Å². The van der Waals surface area contributed by atoms with Crippen molar-refractivity contribution in [2.45, 2.75) is 20.5 Å². The Morgan fingerprint density at radius 2 is 2.20 bits per heavy atom. The van der Waals surface area contributed by atoms with Crippen molar-refractivity contribution >= 4 is 28.3 Å². The lowest BCUT2D eigenvalue weighted by atomic mass is 10.2. The van der Waals surface area contributed by atoms with Crippen LogP contribution in [0.5, 0.6) is 0 Å². The minimum atomic E-state index is -0.492. The van der Waals surface area contributed by atoms with Crippen molar-refractivity contribution in [2.75, 3.05) is 5.32 Å². The number of nitrogens with zero attached hydrogens (tertiary/aromatic N) is 4. The van der Waals surface area contributed by atoms with E-state index < -0.39 is 5.97 Å². The van der Waals surface area contributed by atoms with E-state index in [1.807, 2.05) is 6.07 Å². The van der Waals surface area contributed by atoms with Gasteiger partial charge >= 0.3 is 5.97 Å². The minimum Gasteiger partial charge on any atom is -0.455 e. The predicted octanol–water partition coefficient (Wildman–Crippen LogP) is 2.35. The molecule has 3 heterocycles. The maximum atomic E-state index is 12.3. The van der Waals surface area contributed by atoms with Gasteiger partial charge in [-0.15, -0.1) is 11.3 Å². The average Bonchev–Trinajstić information content (AvgIpc) is 3.19. The van der Waals surface area contributed by atoms with Crippen molar-refractivity contribution in [2.24, 2.45) is 0 Å². The predicted molar refractivity (Wildman–Crippen MR) is 91.6 cm³/mol. The molecule has 0 aromatic carbocycles. The summed E-state index contributed by atoms with van der Waals surface area (Å²) in [4.78, 5) is 31.6. The molecule has 3 rings (SSSR count). The van der Waals surface area contributed by atoms with E-state index in [1.54, 1.807) is 35.3 Å². The molecule has 0 spiro atoms. The molecule has 1 amide bonds. The zero-order valence-corrected chi connectivity index (χ0v) is 14.4. The second-order valence-corrected chi connectivity index (χ2v) is 6.00. The molecule has 1 N–H and O–H groups in total. The van der Waals surface area contributed by atoms with E-state index in [9.17, 15) is 9.59 Å². The van der Waals surface area contributed by atoms with Gasteiger partial charge in [0, 0.05) is 18.5 Å². The Balaban J connectivity index is 1.67. The van der Waals surface area contributed by atoms with Crippen molar-refractivity contribution in [3.63, 3.8) is 0 Å². The second-order valence-electron chi connectivity index (χ2n) is 5.14. The van der Waals surface area contributed by atoms with Gasteiger partial charge in [-0.05, 0) is 19.1 Å². The fourth-order valence-corrected chi connectivity index (χ4v) is 2.86. The number of hydrogen-bond donors (Lipinski definition) is 1. The number of thiazole rings is 1. The fraction of sp³-hybridized carbons (Fsp3) is 0.188. The largest absolute Gasteiger partial charge is 0.455 e. The molecule has 0 aliphatic carbocycles. The molecule has 0 saturated carbocycles. The van der Waals surface area contributed by atoms with E-state index in [0.717, 1.165) is 0 Å². The van der Waals surface area contributed by atoms with Crippen molar-refractivity contribution in [1.29, 1.82) is 0 Å². The van der Waals surface area contributed by atoms with Gasteiger partial charge in [-0.3, -0.25) is 4.79 Å². The maximum absolute atomic E-state index is 12.3. The molecule has 0 saturated heterocycles. The highest BCUT2D eigenvalue weighted by Gasteiger charge is 2.17. The monoisotopic (exact) mass is 357 g/mol. The van der Waals surface area contributed by atoms with Crippen LogP contribution in [-0.4, -0.2) is 31.6 Å². The van der Waals surface area contributed by atoms with Crippen LogP contribution in [0.2, 0.25) is 0 Å². The molecule has 0 atom stereocenters. The highest BCUT2D eigenvalue weighted by Crippen LogP contribution is 2.17. The number of nitrogens with one attached hydrogen (secondary N) is 1. The molecule has 0 bridgehead atoms. The highest BCUT2D eigenvalue weighted by atomic mass is 32.1. The topological polar surface area (TPSA) is 99.0 Å². The van der Waals surface area contributed by atoms with Crippen molar-refractivity contribution in [3.8, 4) is 5.82 Å². The summed E-state index contributed by atoms with van der Waals surface area (Å²) in [6, 6.07) is 5.45. The Labute approximate surface area is 147 Å². The fourth-order valence-electron chi connectivity index (χ4n) is 2.12. The lowest BCUT2D eigenvalue weighted by Gasteiger charge is -2.04. The summed E-state index contributed by atoms with van der Waals surface area (Å²) < 4.78 is 6.86. The van der Waals surface area contributed by atoms with E-state index in [1.165, 1.54) is 24.5 Å². The third-order valence-electron chi connectivity index (χ3n) is 3.28. The second kappa shape index (κ2) is 7.22. The van der Waals surface area contributed by atoms with Gasteiger partial charge in [0.25, 0.3) is 0 Å². The lowest BCUT2D eigenvalue weighted by Crippen LogP contribution is -2.08. The number of esters is 1. The summed E-state index contributed by atoms with van der Waals surface area (Å²) in [6.45, 7) is 3.20. The molecular weight excluding hydrogens is 342 g/mol. The number of ether oxygens (including phenoxy) is 1. The van der Waals surface area contributed by atoms with Gasteiger partial charge in [-0.1, -0.05) is 6.07 Å². The first kappa shape index (κ1) is 16.8. The smallest absolute Gasteiger partial charge is 0.342 e. The van der Waals surface area contributed by atoms with Gasteiger partial charge in [0.15, 0.2) is 10.9 Å². The zero-order valence-electron chi connectivity index (χ0n) is 13.6. The average molecular weight is 357 g/mol. The van der Waals surface area contributed by atoms with Crippen LogP contribution in [0, 0.1) is 6.92 Å². The summed E-state index contributed by atoms with van der Waals surface area (Å²) in [6.07, 6.45) is 3.11. The Morgan fingerprint density at radius 1 is 1.36 bits per heavy atom. The number of aromatic nitrogens is 4. The molecule has 0 aliphatic rings. The van der Waals surface area contributed by atoms with Gasteiger partial charge in [0.05, 0.1) is 17.6 Å². The number of carbonyl (C=O) groups excluding carboxylic acids is 2. The number of rotatable bonds is 5. The Bertz CT molecular complexity index is 904.